The molecule has 0 saturated carbocycles. The van der Waals surface area contributed by atoms with E-state index in [4.69, 9.17) is 22.9 Å². The van der Waals surface area contributed by atoms with E-state index >= 15 is 0 Å². The van der Waals surface area contributed by atoms with Gasteiger partial charge in [-0.1, -0.05) is 68.3 Å². The number of carbonyl (C=O) groups excluding carboxylic acids is 9. The number of aromatic amines is 1. The molecule has 70 heavy (non-hydrogen) atoms. The summed E-state index contributed by atoms with van der Waals surface area (Å²) in [6.07, 6.45) is 2.27. The number of nitrogens with zero attached hydrogens (tertiary/aromatic N) is 1. The third-order valence-corrected chi connectivity index (χ3v) is 11.6. The minimum atomic E-state index is -1.43. The molecule has 0 bridgehead atoms. The Balaban J connectivity index is 1.73. The third kappa shape index (κ3) is 17.8. The average Bonchev–Trinajstić information content (AvgIpc) is 3.73. The number of H-pyrrole nitrogens is 1. The van der Waals surface area contributed by atoms with Gasteiger partial charge in [-0.15, -0.1) is 0 Å². The Bertz CT molecular complexity index is 2320. The lowest BCUT2D eigenvalue weighted by Gasteiger charge is -2.27. The van der Waals surface area contributed by atoms with Crippen LogP contribution in [0, 0.1) is 0 Å². The molecule has 7 atom stereocenters. The summed E-state index contributed by atoms with van der Waals surface area (Å²) in [6.45, 7) is 2.90. The van der Waals surface area contributed by atoms with Crippen LogP contribution >= 0.6 is 0 Å². The molecule has 2 heterocycles. The fraction of sp³-hybridized carbons (Fsp3) is 0.489. The molecule has 23 heteroatoms. The molecule has 380 valence electrons. The Morgan fingerprint density at radius 3 is 2.11 bits per heavy atom. The maximum absolute atomic E-state index is 14.4. The smallest absolute Gasteiger partial charge is 0.243 e. The maximum atomic E-state index is 14.4. The van der Waals surface area contributed by atoms with E-state index in [1.807, 2.05) is 31.2 Å². The Hall–Kier alpha value is -7.56. The molecule has 17 N–H and O–H groups in total. The molecule has 1 unspecified atom stereocenters. The second-order valence-electron chi connectivity index (χ2n) is 17.1. The third-order valence-electron chi connectivity index (χ3n) is 11.6. The van der Waals surface area contributed by atoms with Gasteiger partial charge in [0.05, 0.1) is 0 Å². The zero-order chi connectivity index (χ0) is 51.2. The molecular weight excluding hydrogens is 905 g/mol. The van der Waals surface area contributed by atoms with Crippen LogP contribution in [0.1, 0.15) is 82.8 Å². The first kappa shape index (κ1) is 55.0. The zero-order valence-corrected chi connectivity index (χ0v) is 39.6. The monoisotopic (exact) mass is 973 g/mol. The van der Waals surface area contributed by atoms with Crippen molar-refractivity contribution in [2.45, 2.75) is 127 Å². The SMILES string of the molecule is CCCC[C@H](NC(C)=O)C(=O)N[C@H]1CCC(=O)NCCC(C(=O)N[C@@H](Cc2c[nH]c3ccccc23)C(N)=O)NC(=O)[C@H](CCCN=C(N)N)NC(=O)[C@@H](Cc2ccccc2)NC(=O)[C@H](CCN)NC1=O. The lowest BCUT2D eigenvalue weighted by atomic mass is 10.0. The molecule has 0 radical (unpaired) electrons. The number of guanidine groups is 1. The van der Waals surface area contributed by atoms with Crippen molar-refractivity contribution < 1.29 is 43.2 Å². The molecule has 1 fully saturated rings. The lowest BCUT2D eigenvalue weighted by Crippen LogP contribution is -2.60. The van der Waals surface area contributed by atoms with Crippen molar-refractivity contribution in [1.29, 1.82) is 0 Å². The molecule has 1 aliphatic rings. The molecule has 1 aromatic heterocycles. The van der Waals surface area contributed by atoms with E-state index in [0.717, 1.165) is 10.9 Å². The number of amides is 9. The largest absolute Gasteiger partial charge is 0.370 e. The van der Waals surface area contributed by atoms with Crippen LogP contribution in [0.2, 0.25) is 0 Å². The fourth-order valence-electron chi connectivity index (χ4n) is 7.82. The van der Waals surface area contributed by atoms with Crippen molar-refractivity contribution in [1.82, 2.24) is 47.5 Å². The van der Waals surface area contributed by atoms with Crippen molar-refractivity contribution in [2.75, 3.05) is 19.6 Å². The van der Waals surface area contributed by atoms with E-state index in [-0.39, 0.29) is 83.4 Å². The van der Waals surface area contributed by atoms with Gasteiger partial charge in [0.1, 0.15) is 42.3 Å². The number of nitrogens with two attached hydrogens (primary N) is 4. The number of carbonyl (C=O) groups is 9. The summed E-state index contributed by atoms with van der Waals surface area (Å²) in [4.78, 5) is 130. The van der Waals surface area contributed by atoms with E-state index in [9.17, 15) is 43.2 Å². The van der Waals surface area contributed by atoms with E-state index in [2.05, 4.69) is 52.5 Å². The van der Waals surface area contributed by atoms with Gasteiger partial charge in [-0.05, 0) is 62.3 Å². The molecular formula is C47H68N14O9. The zero-order valence-electron chi connectivity index (χ0n) is 39.6. The number of para-hydroxylation sites is 1. The van der Waals surface area contributed by atoms with Gasteiger partial charge in [0, 0.05) is 56.4 Å². The first-order chi connectivity index (χ1) is 33.5. The standard InChI is InChI=1S/C47H68N14O9/c1-3-4-14-32(55-27(2)62)41(65)57-34-17-18-39(63)52-23-20-36(45(69)60-37(40(49)64)25-29-26-54-31-15-9-8-13-30(29)31)59-42(66)33(16-10-22-53-47(50)51)56-46(70)38(24-28-11-6-5-7-12-28)61-44(68)35(19-21-48)58-43(34)67/h5-9,11-13,15,26,32-38,54H,3-4,10,14,16-25,48H2,1-2H3,(H2,49,64)(H,52,63)(H,55,62)(H,56,70)(H,57,65)(H,58,67)(H,59,66)(H,60,69)(H,61,68)(H4,50,51,53)/t32-,33-,34-,35-,36?,37-,38+/m0/s1. The van der Waals surface area contributed by atoms with Crippen LogP contribution in [0.5, 0.6) is 0 Å². The summed E-state index contributed by atoms with van der Waals surface area (Å²) in [5.41, 5.74) is 24.9. The minimum absolute atomic E-state index is 0.0118. The molecule has 4 rings (SSSR count). The van der Waals surface area contributed by atoms with E-state index in [1.54, 1.807) is 36.5 Å². The quantitative estimate of drug-likeness (QED) is 0.0344. The summed E-state index contributed by atoms with van der Waals surface area (Å²) >= 11 is 0. The van der Waals surface area contributed by atoms with E-state index in [1.165, 1.54) is 6.92 Å². The predicted molar refractivity (Wildman–Crippen MR) is 260 cm³/mol. The number of rotatable bonds is 19. The number of aliphatic imine (C=N–C) groups is 1. The molecule has 3 aromatic rings. The number of fused-ring (bicyclic) bond motifs is 1. The summed E-state index contributed by atoms with van der Waals surface area (Å²) < 4.78 is 0. The highest BCUT2D eigenvalue weighted by molar-refractivity contribution is 5.98. The normalized spacial score (nSPS) is 20.6. The number of hydrogen-bond donors (Lipinski definition) is 13. The Labute approximate surface area is 406 Å². The fourth-order valence-corrected chi connectivity index (χ4v) is 7.82. The summed E-state index contributed by atoms with van der Waals surface area (Å²) in [5.74, 6) is -7.00. The second-order valence-corrected chi connectivity index (χ2v) is 17.1. The highest BCUT2D eigenvalue weighted by Gasteiger charge is 2.34. The highest BCUT2D eigenvalue weighted by Crippen LogP contribution is 2.19. The van der Waals surface area contributed by atoms with Gasteiger partial charge < -0.3 is 70.5 Å². The summed E-state index contributed by atoms with van der Waals surface area (Å²) in [5, 5.41) is 22.1. The van der Waals surface area contributed by atoms with Crippen LogP contribution < -0.4 is 65.5 Å². The molecule has 23 nitrogen and oxygen atoms in total. The number of benzene rings is 2. The number of aromatic nitrogens is 1. The van der Waals surface area contributed by atoms with Gasteiger partial charge >= 0.3 is 0 Å². The molecule has 0 aliphatic carbocycles. The predicted octanol–water partition coefficient (Wildman–Crippen LogP) is -2.26. The van der Waals surface area contributed by atoms with Crippen LogP contribution in [-0.2, 0) is 56.0 Å². The van der Waals surface area contributed by atoms with Gasteiger partial charge in [0.15, 0.2) is 5.96 Å². The Morgan fingerprint density at radius 1 is 0.771 bits per heavy atom. The van der Waals surface area contributed by atoms with Crippen molar-refractivity contribution in [3.63, 3.8) is 0 Å². The first-order valence-electron chi connectivity index (χ1n) is 23.5. The van der Waals surface area contributed by atoms with Crippen LogP contribution in [0.4, 0.5) is 0 Å². The Kier molecular flexibility index (Phi) is 22.1. The lowest BCUT2D eigenvalue weighted by molar-refractivity contribution is -0.135. The van der Waals surface area contributed by atoms with E-state index in [0.29, 0.717) is 24.0 Å². The molecule has 0 spiro atoms. The minimum Gasteiger partial charge on any atom is -0.370 e. The highest BCUT2D eigenvalue weighted by atomic mass is 16.2. The van der Waals surface area contributed by atoms with Crippen molar-refractivity contribution in [3.05, 3.63) is 71.9 Å². The number of primary amides is 1. The maximum Gasteiger partial charge on any atom is 0.243 e. The molecule has 9 amide bonds. The van der Waals surface area contributed by atoms with Gasteiger partial charge in [-0.2, -0.15) is 0 Å². The topological polar surface area (TPSA) is 382 Å². The first-order valence-corrected chi connectivity index (χ1v) is 23.5. The van der Waals surface area contributed by atoms with Crippen LogP contribution in [-0.4, -0.2) is 126 Å². The number of unbranched alkanes of at least 4 members (excludes halogenated alkanes) is 1. The van der Waals surface area contributed by atoms with Crippen LogP contribution in [0.25, 0.3) is 10.9 Å². The average molecular weight is 973 g/mol. The van der Waals surface area contributed by atoms with Crippen molar-refractivity contribution in [2.24, 2.45) is 27.9 Å². The van der Waals surface area contributed by atoms with Crippen LogP contribution in [0.3, 0.4) is 0 Å². The van der Waals surface area contributed by atoms with E-state index < -0.39 is 95.5 Å². The second kappa shape index (κ2) is 28.1. The van der Waals surface area contributed by atoms with Gasteiger partial charge in [-0.25, -0.2) is 0 Å². The van der Waals surface area contributed by atoms with Crippen molar-refractivity contribution >= 4 is 70.0 Å². The molecule has 2 aromatic carbocycles. The summed E-state index contributed by atoms with van der Waals surface area (Å²) in [6, 6.07) is 6.87. The van der Waals surface area contributed by atoms with Crippen molar-refractivity contribution in [3.8, 4) is 0 Å². The van der Waals surface area contributed by atoms with Gasteiger partial charge in [-0.3, -0.25) is 48.1 Å². The molecule has 1 aliphatic heterocycles. The number of nitrogens with one attached hydrogen (secondary N) is 9. The number of hydrogen-bond acceptors (Lipinski definition) is 11. The summed E-state index contributed by atoms with van der Waals surface area (Å²) in [7, 11) is 0. The van der Waals surface area contributed by atoms with Gasteiger partial charge in [0.25, 0.3) is 0 Å². The van der Waals surface area contributed by atoms with Crippen LogP contribution in [0.15, 0.2) is 65.8 Å². The Morgan fingerprint density at radius 2 is 1.43 bits per heavy atom. The molecule has 1 saturated heterocycles. The van der Waals surface area contributed by atoms with Gasteiger partial charge in [0.2, 0.25) is 53.2 Å².